The molecule has 3 N–H and O–H groups in total. The van der Waals surface area contributed by atoms with Crippen molar-refractivity contribution in [1.82, 2.24) is 20.4 Å². The lowest BCUT2D eigenvalue weighted by atomic mass is 9.94. The zero-order valence-electron chi connectivity index (χ0n) is 20.3. The number of aromatic hydroxyl groups is 1. The maximum atomic E-state index is 13.5. The lowest BCUT2D eigenvalue weighted by Crippen LogP contribution is -2.35. The Balaban J connectivity index is 1.90. The van der Waals surface area contributed by atoms with Gasteiger partial charge in [0, 0.05) is 37.0 Å². The number of fused-ring (bicyclic) bond motifs is 4. The van der Waals surface area contributed by atoms with Crippen LogP contribution in [0.3, 0.4) is 0 Å². The fourth-order valence-electron chi connectivity index (χ4n) is 3.87. The van der Waals surface area contributed by atoms with E-state index in [1.807, 2.05) is 44.1 Å². The SMILES string of the molecule is CN(C)CCNC(=O)c1c2c(c3ccc(O)cc3c1C(=O)NCCN(C)C)Oc1ccccc1O2. The Bertz CT molecular complexity index is 1270. The van der Waals surface area contributed by atoms with E-state index >= 15 is 0 Å². The zero-order chi connectivity index (χ0) is 25.1. The van der Waals surface area contributed by atoms with Crippen molar-refractivity contribution in [3.63, 3.8) is 0 Å². The number of likely N-dealkylation sites (N-methyl/N-ethyl adjacent to an activating group) is 2. The van der Waals surface area contributed by atoms with Crippen molar-refractivity contribution in [2.45, 2.75) is 0 Å². The van der Waals surface area contributed by atoms with Gasteiger partial charge in [-0.15, -0.1) is 0 Å². The first kappa shape index (κ1) is 24.3. The molecular weight excluding hydrogens is 448 g/mol. The van der Waals surface area contributed by atoms with Crippen molar-refractivity contribution in [2.24, 2.45) is 0 Å². The number of carbonyl (C=O) groups is 2. The number of carbonyl (C=O) groups excluding carboxylic acids is 2. The second-order valence-corrected chi connectivity index (χ2v) is 8.91. The van der Waals surface area contributed by atoms with Gasteiger partial charge in [0.1, 0.15) is 5.75 Å². The van der Waals surface area contributed by atoms with E-state index in [0.717, 1.165) is 0 Å². The highest BCUT2D eigenvalue weighted by molar-refractivity contribution is 6.19. The van der Waals surface area contributed by atoms with Gasteiger partial charge in [-0.25, -0.2) is 0 Å². The van der Waals surface area contributed by atoms with Crippen LogP contribution in [0, 0.1) is 0 Å². The van der Waals surface area contributed by atoms with Crippen LogP contribution < -0.4 is 20.1 Å². The van der Waals surface area contributed by atoms with Crippen LogP contribution in [-0.4, -0.2) is 81.1 Å². The Kier molecular flexibility index (Phi) is 7.09. The number of hydrogen-bond donors (Lipinski definition) is 3. The molecule has 9 heteroatoms. The summed E-state index contributed by atoms with van der Waals surface area (Å²) in [6.07, 6.45) is 0. The van der Waals surface area contributed by atoms with Crippen LogP contribution in [0.15, 0.2) is 42.5 Å². The van der Waals surface area contributed by atoms with E-state index in [2.05, 4.69) is 10.6 Å². The van der Waals surface area contributed by atoms with Crippen LogP contribution in [-0.2, 0) is 0 Å². The highest BCUT2D eigenvalue weighted by atomic mass is 16.6. The lowest BCUT2D eigenvalue weighted by molar-refractivity contribution is 0.0915. The molecule has 0 aromatic heterocycles. The topological polar surface area (TPSA) is 103 Å². The first-order valence-electron chi connectivity index (χ1n) is 11.4. The van der Waals surface area contributed by atoms with E-state index in [1.54, 1.807) is 24.3 Å². The molecule has 9 nitrogen and oxygen atoms in total. The average molecular weight is 479 g/mol. The first-order chi connectivity index (χ1) is 16.8. The van der Waals surface area contributed by atoms with E-state index in [1.165, 1.54) is 12.1 Å². The van der Waals surface area contributed by atoms with Crippen molar-refractivity contribution in [2.75, 3.05) is 54.4 Å². The molecule has 1 aliphatic heterocycles. The third-order valence-corrected chi connectivity index (χ3v) is 5.62. The molecule has 1 aliphatic rings. The minimum atomic E-state index is -0.464. The molecule has 0 saturated carbocycles. The zero-order valence-corrected chi connectivity index (χ0v) is 20.3. The van der Waals surface area contributed by atoms with Gasteiger partial charge in [-0.05, 0) is 58.5 Å². The van der Waals surface area contributed by atoms with Crippen molar-refractivity contribution in [1.29, 1.82) is 0 Å². The summed E-state index contributed by atoms with van der Waals surface area (Å²) in [5.74, 6) is 0.495. The molecule has 3 aromatic rings. The molecule has 0 radical (unpaired) electrons. The second-order valence-electron chi connectivity index (χ2n) is 8.91. The minimum Gasteiger partial charge on any atom is -0.508 e. The molecule has 0 bridgehead atoms. The van der Waals surface area contributed by atoms with E-state index in [0.29, 0.717) is 54.2 Å². The molecule has 35 heavy (non-hydrogen) atoms. The fourth-order valence-corrected chi connectivity index (χ4v) is 3.87. The molecule has 0 spiro atoms. The molecule has 4 rings (SSSR count). The van der Waals surface area contributed by atoms with Gasteiger partial charge in [0.15, 0.2) is 23.0 Å². The Morgan fingerprint density at radius 3 is 1.89 bits per heavy atom. The lowest BCUT2D eigenvalue weighted by Gasteiger charge is -2.26. The Morgan fingerprint density at radius 2 is 1.31 bits per heavy atom. The number of para-hydroxylation sites is 2. The van der Waals surface area contributed by atoms with Gasteiger partial charge in [0.2, 0.25) is 0 Å². The smallest absolute Gasteiger partial charge is 0.256 e. The molecule has 1 heterocycles. The molecule has 0 fully saturated rings. The van der Waals surface area contributed by atoms with Gasteiger partial charge in [0.05, 0.1) is 11.1 Å². The fraction of sp³-hybridized carbons (Fsp3) is 0.308. The van der Waals surface area contributed by atoms with E-state index < -0.39 is 11.8 Å². The van der Waals surface area contributed by atoms with Gasteiger partial charge in [-0.1, -0.05) is 12.1 Å². The Labute approximate surface area is 204 Å². The van der Waals surface area contributed by atoms with Crippen LogP contribution in [0.2, 0.25) is 0 Å². The van der Waals surface area contributed by atoms with Gasteiger partial charge >= 0.3 is 0 Å². The second kappa shape index (κ2) is 10.2. The standard InChI is InChI=1S/C26H30N4O5/c1-29(2)13-11-27-25(32)21-18-15-16(31)9-10-17(18)23-24(22(21)26(33)28-12-14-30(3)4)35-20-8-6-5-7-19(20)34-23/h5-10,15,31H,11-14H2,1-4H3,(H,27,32)(H,28,33). The third-order valence-electron chi connectivity index (χ3n) is 5.62. The summed E-state index contributed by atoms with van der Waals surface area (Å²) >= 11 is 0. The Hall–Kier alpha value is -3.82. The normalized spacial score (nSPS) is 12.1. The van der Waals surface area contributed by atoms with Crippen LogP contribution in [0.1, 0.15) is 20.7 Å². The minimum absolute atomic E-state index is 0.0316. The third kappa shape index (κ3) is 5.16. The average Bonchev–Trinajstić information content (AvgIpc) is 2.81. The number of hydrogen-bond acceptors (Lipinski definition) is 7. The molecule has 0 unspecified atom stereocenters. The van der Waals surface area contributed by atoms with Crippen LogP contribution >= 0.6 is 0 Å². The number of phenolic OH excluding ortho intramolecular Hbond substituents is 1. The van der Waals surface area contributed by atoms with Gasteiger partial charge in [-0.2, -0.15) is 0 Å². The largest absolute Gasteiger partial charge is 0.508 e. The van der Waals surface area contributed by atoms with E-state index in [4.69, 9.17) is 9.47 Å². The van der Waals surface area contributed by atoms with Gasteiger partial charge in [-0.3, -0.25) is 9.59 Å². The maximum absolute atomic E-state index is 13.5. The summed E-state index contributed by atoms with van der Waals surface area (Å²) in [5.41, 5.74) is 0.187. The summed E-state index contributed by atoms with van der Waals surface area (Å²) < 4.78 is 12.4. The van der Waals surface area contributed by atoms with E-state index in [9.17, 15) is 14.7 Å². The number of nitrogens with one attached hydrogen (secondary N) is 2. The van der Waals surface area contributed by atoms with Crippen LogP contribution in [0.5, 0.6) is 28.7 Å². The summed E-state index contributed by atoms with van der Waals surface area (Å²) in [4.78, 5) is 30.9. The molecule has 3 aromatic carbocycles. The summed E-state index contributed by atoms with van der Waals surface area (Å²) in [6, 6.07) is 11.8. The van der Waals surface area contributed by atoms with Crippen molar-refractivity contribution >= 4 is 22.6 Å². The summed E-state index contributed by atoms with van der Waals surface area (Å²) in [7, 11) is 7.63. The summed E-state index contributed by atoms with van der Waals surface area (Å²) in [5, 5.41) is 17.0. The predicted octanol–water partition coefficient (Wildman–Crippen LogP) is 3.03. The molecule has 0 atom stereocenters. The van der Waals surface area contributed by atoms with E-state index in [-0.39, 0.29) is 22.6 Å². The van der Waals surface area contributed by atoms with Crippen molar-refractivity contribution < 1.29 is 24.2 Å². The quantitative estimate of drug-likeness (QED) is 0.358. The maximum Gasteiger partial charge on any atom is 0.256 e. The van der Waals surface area contributed by atoms with Crippen LogP contribution in [0.25, 0.3) is 10.8 Å². The predicted molar refractivity (Wildman–Crippen MR) is 134 cm³/mol. The van der Waals surface area contributed by atoms with Gasteiger partial charge in [0.25, 0.3) is 11.8 Å². The number of nitrogens with zero attached hydrogens (tertiary/aromatic N) is 2. The monoisotopic (exact) mass is 478 g/mol. The molecular formula is C26H30N4O5. The van der Waals surface area contributed by atoms with Crippen molar-refractivity contribution in [3.05, 3.63) is 53.6 Å². The van der Waals surface area contributed by atoms with Crippen molar-refractivity contribution in [3.8, 4) is 28.7 Å². The Morgan fingerprint density at radius 1 is 0.771 bits per heavy atom. The molecule has 184 valence electrons. The molecule has 2 amide bonds. The number of phenols is 1. The molecule has 0 saturated heterocycles. The van der Waals surface area contributed by atoms with Crippen LogP contribution in [0.4, 0.5) is 0 Å². The number of ether oxygens (including phenoxy) is 2. The van der Waals surface area contributed by atoms with Gasteiger partial charge < -0.3 is 35.0 Å². The highest BCUT2D eigenvalue weighted by Gasteiger charge is 2.33. The number of amides is 2. The highest BCUT2D eigenvalue weighted by Crippen LogP contribution is 2.52. The summed E-state index contributed by atoms with van der Waals surface area (Å²) in [6.45, 7) is 1.99. The molecule has 0 aliphatic carbocycles. The number of rotatable bonds is 8. The first-order valence-corrected chi connectivity index (χ1v) is 11.4. The number of benzene rings is 3.